The Morgan fingerprint density at radius 3 is 2.62 bits per heavy atom. The molecule has 5 aliphatic rings. The lowest BCUT2D eigenvalue weighted by Gasteiger charge is -2.58. The van der Waals surface area contributed by atoms with E-state index in [-0.39, 0.29) is 23.4 Å². The van der Waals surface area contributed by atoms with Gasteiger partial charge in [-0.3, -0.25) is 9.59 Å². The smallest absolute Gasteiger partial charge is 0.306 e. The molecule has 0 radical (unpaired) electrons. The third kappa shape index (κ3) is 5.52. The van der Waals surface area contributed by atoms with Crippen molar-refractivity contribution in [1.82, 2.24) is 5.32 Å². The topological polar surface area (TPSA) is 64.6 Å². The fourth-order valence-corrected chi connectivity index (χ4v) is 9.76. The van der Waals surface area contributed by atoms with Gasteiger partial charge in [-0.05, 0) is 104 Å². The number of nitrogens with one attached hydrogen (secondary N) is 1. The van der Waals surface area contributed by atoms with Crippen LogP contribution in [0.5, 0.6) is 0 Å². The van der Waals surface area contributed by atoms with Gasteiger partial charge in [0.2, 0.25) is 5.91 Å². The van der Waals surface area contributed by atoms with Crippen LogP contribution in [0.15, 0.2) is 23.0 Å². The van der Waals surface area contributed by atoms with Crippen LogP contribution in [0.3, 0.4) is 0 Å². The van der Waals surface area contributed by atoms with Gasteiger partial charge >= 0.3 is 5.97 Å². The highest BCUT2D eigenvalue weighted by Crippen LogP contribution is 2.69. The summed E-state index contributed by atoms with van der Waals surface area (Å²) in [5, 5.41) is 2.96. The molecule has 0 aromatic heterocycles. The molecule has 40 heavy (non-hydrogen) atoms. The molecule has 3 saturated carbocycles. The van der Waals surface area contributed by atoms with Gasteiger partial charge in [0.05, 0.1) is 5.76 Å². The van der Waals surface area contributed by atoms with Gasteiger partial charge in [0, 0.05) is 38.6 Å². The Hall–Kier alpha value is -1.78. The number of carbonyl (C=O) groups excluding carboxylic acids is 2. The van der Waals surface area contributed by atoms with E-state index in [1.54, 1.807) is 12.5 Å². The summed E-state index contributed by atoms with van der Waals surface area (Å²) in [5.74, 6) is 5.02. The zero-order chi connectivity index (χ0) is 28.8. The number of fused-ring (bicyclic) bond motifs is 7. The molecule has 0 aromatic rings. The highest BCUT2D eigenvalue weighted by Gasteiger charge is 2.63. The molecule has 0 bridgehead atoms. The molecule has 0 unspecified atom stereocenters. The maximum atomic E-state index is 12.4. The second-order valence-electron chi connectivity index (χ2n) is 15.1. The maximum absolute atomic E-state index is 12.4. The molecule has 3 fully saturated rings. The summed E-state index contributed by atoms with van der Waals surface area (Å²) in [5.41, 5.74) is 3.67. The lowest BCUT2D eigenvalue weighted by Crippen LogP contribution is -2.50. The maximum Gasteiger partial charge on any atom is 0.306 e. The van der Waals surface area contributed by atoms with E-state index < -0.39 is 0 Å². The van der Waals surface area contributed by atoms with Gasteiger partial charge < -0.3 is 14.8 Å². The Kier molecular flexibility index (Phi) is 8.52. The van der Waals surface area contributed by atoms with Gasteiger partial charge in [-0.1, -0.05) is 46.3 Å². The molecule has 1 heterocycles. The zero-order valence-corrected chi connectivity index (χ0v) is 26.3. The second kappa shape index (κ2) is 11.5. The van der Waals surface area contributed by atoms with Crippen molar-refractivity contribution in [3.05, 3.63) is 23.0 Å². The van der Waals surface area contributed by atoms with E-state index in [1.807, 2.05) is 0 Å². The lowest BCUT2D eigenvalue weighted by molar-refractivity contribution is -0.151. The predicted octanol–water partition coefficient (Wildman–Crippen LogP) is 7.75. The molecule has 0 aromatic carbocycles. The Labute approximate surface area is 243 Å². The first-order valence-corrected chi connectivity index (χ1v) is 16.4. The third-order valence-electron chi connectivity index (χ3n) is 12.1. The number of hydrogen-bond acceptors (Lipinski definition) is 4. The fourth-order valence-electron chi connectivity index (χ4n) is 9.76. The predicted molar refractivity (Wildman–Crippen MR) is 159 cm³/mol. The minimum atomic E-state index is -0.00695. The van der Waals surface area contributed by atoms with Gasteiger partial charge in [-0.2, -0.15) is 0 Å². The minimum Gasteiger partial charge on any atom is -0.494 e. The van der Waals surface area contributed by atoms with Gasteiger partial charge in [-0.25, -0.2) is 0 Å². The van der Waals surface area contributed by atoms with E-state index in [0.717, 1.165) is 62.8 Å². The number of amides is 1. The quantitative estimate of drug-likeness (QED) is 0.234. The van der Waals surface area contributed by atoms with Gasteiger partial charge in [0.1, 0.15) is 12.2 Å². The van der Waals surface area contributed by atoms with Crippen LogP contribution >= 0.6 is 0 Å². The number of hydrogen-bond donors (Lipinski definition) is 1. The van der Waals surface area contributed by atoms with E-state index in [4.69, 9.17) is 9.47 Å². The molecule has 4 aliphatic carbocycles. The summed E-state index contributed by atoms with van der Waals surface area (Å²) in [7, 11) is 0. The number of rotatable bonds is 9. The van der Waals surface area contributed by atoms with E-state index in [9.17, 15) is 9.59 Å². The van der Waals surface area contributed by atoms with Crippen LogP contribution in [0.4, 0.5) is 0 Å². The molecule has 5 heteroatoms. The van der Waals surface area contributed by atoms with Crippen molar-refractivity contribution in [2.45, 2.75) is 131 Å². The van der Waals surface area contributed by atoms with Crippen LogP contribution in [-0.4, -0.2) is 30.6 Å². The van der Waals surface area contributed by atoms with Crippen molar-refractivity contribution in [2.24, 2.45) is 46.3 Å². The molecule has 1 aliphatic heterocycles. The third-order valence-corrected chi connectivity index (χ3v) is 12.1. The molecular weight excluding hydrogens is 498 g/mol. The van der Waals surface area contributed by atoms with Crippen LogP contribution in [-0.2, 0) is 19.1 Å². The molecule has 1 amide bonds. The Morgan fingerprint density at radius 1 is 1.12 bits per heavy atom. The first-order valence-electron chi connectivity index (χ1n) is 16.4. The van der Waals surface area contributed by atoms with Crippen LogP contribution in [0.25, 0.3) is 0 Å². The average molecular weight is 554 g/mol. The van der Waals surface area contributed by atoms with Crippen LogP contribution in [0.1, 0.15) is 119 Å². The average Bonchev–Trinajstić information content (AvgIpc) is 3.38. The van der Waals surface area contributed by atoms with E-state index in [2.05, 4.69) is 52.9 Å². The normalized spacial score (nSPS) is 39.0. The molecule has 0 spiro atoms. The second-order valence-corrected chi connectivity index (χ2v) is 15.1. The van der Waals surface area contributed by atoms with Crippen LogP contribution in [0, 0.1) is 46.3 Å². The summed E-state index contributed by atoms with van der Waals surface area (Å²) in [6, 6.07) is 0. The van der Waals surface area contributed by atoms with Crippen molar-refractivity contribution in [3.8, 4) is 0 Å². The van der Waals surface area contributed by atoms with Gasteiger partial charge in [0.25, 0.3) is 0 Å². The minimum absolute atomic E-state index is 0.00695. The van der Waals surface area contributed by atoms with Gasteiger partial charge in [0.15, 0.2) is 0 Å². The van der Waals surface area contributed by atoms with Crippen molar-refractivity contribution in [3.63, 3.8) is 0 Å². The Bertz CT molecular complexity index is 1040. The highest BCUT2D eigenvalue weighted by molar-refractivity contribution is 5.72. The van der Waals surface area contributed by atoms with Crippen LogP contribution < -0.4 is 5.32 Å². The molecular formula is C35H55NO4. The molecule has 0 saturated heterocycles. The summed E-state index contributed by atoms with van der Waals surface area (Å²) >= 11 is 0. The zero-order valence-electron chi connectivity index (χ0n) is 26.3. The summed E-state index contributed by atoms with van der Waals surface area (Å²) in [4.78, 5) is 23.7. The SMILES string of the molecule is CC(=O)NC[C@H](C)CCC1=C(C)[C@H]2[C@H](C[C@H]3[C@@H]4CC=C5C[C@H](OC(=O)CCC(C)C)CC[C@]5(C)[C@H]4CC[C@@]32C)O1. The van der Waals surface area contributed by atoms with E-state index in [1.165, 1.54) is 37.0 Å². The summed E-state index contributed by atoms with van der Waals surface area (Å²) in [6.45, 7) is 16.3. The van der Waals surface area contributed by atoms with Crippen LogP contribution in [0.2, 0.25) is 0 Å². The van der Waals surface area contributed by atoms with Gasteiger partial charge in [-0.15, -0.1) is 0 Å². The number of carbonyl (C=O) groups is 2. The first kappa shape index (κ1) is 29.7. The summed E-state index contributed by atoms with van der Waals surface area (Å²) < 4.78 is 12.7. The Balaban J connectivity index is 1.23. The monoisotopic (exact) mass is 553 g/mol. The lowest BCUT2D eigenvalue weighted by atomic mass is 9.47. The number of esters is 1. The number of allylic oxidation sites excluding steroid dienone is 2. The molecule has 224 valence electrons. The molecule has 5 rings (SSSR count). The highest BCUT2D eigenvalue weighted by atomic mass is 16.5. The van der Waals surface area contributed by atoms with E-state index in [0.29, 0.717) is 35.7 Å². The summed E-state index contributed by atoms with van der Waals surface area (Å²) in [6.07, 6.45) is 14.5. The van der Waals surface area contributed by atoms with E-state index >= 15 is 0 Å². The molecule has 9 atom stereocenters. The largest absolute Gasteiger partial charge is 0.494 e. The fraction of sp³-hybridized carbons (Fsp3) is 0.829. The van der Waals surface area contributed by atoms with Crippen molar-refractivity contribution < 1.29 is 19.1 Å². The van der Waals surface area contributed by atoms with Crippen molar-refractivity contribution >= 4 is 11.9 Å². The Morgan fingerprint density at radius 2 is 1.90 bits per heavy atom. The van der Waals surface area contributed by atoms with Crippen molar-refractivity contribution in [1.29, 1.82) is 0 Å². The standard InChI is InChI=1S/C35H55NO4/c1-21(2)8-13-32(38)39-26-14-16-34(6)25(18-26)10-11-27-28(34)15-17-35(7)29(27)19-31-33(35)23(4)30(40-31)12-9-22(3)20-36-24(5)37/h10,21-22,26-29,31,33H,8-9,11-20H2,1-7H3,(H,36,37)/t22-,26-,27-,28+,29+,31+,33+,34+,35+/m1/s1. The van der Waals surface area contributed by atoms with Crippen molar-refractivity contribution in [2.75, 3.05) is 6.54 Å². The first-order chi connectivity index (χ1) is 18.9. The molecule has 1 N–H and O–H groups in total. The molecule has 5 nitrogen and oxygen atoms in total. The number of ether oxygens (including phenoxy) is 2.